The fourth-order valence-corrected chi connectivity index (χ4v) is 4.80. The molecule has 6 heteroatoms. The van der Waals surface area contributed by atoms with Crippen molar-refractivity contribution in [2.45, 2.75) is 64.0 Å². The predicted molar refractivity (Wildman–Crippen MR) is 106 cm³/mol. The molecule has 2 aliphatic carbocycles. The van der Waals surface area contributed by atoms with Gasteiger partial charge in [0.15, 0.2) is 0 Å². The first-order valence-corrected chi connectivity index (χ1v) is 10.3. The molecule has 0 aliphatic heterocycles. The molecule has 0 aromatic heterocycles. The zero-order valence-electron chi connectivity index (χ0n) is 15.9. The van der Waals surface area contributed by atoms with Gasteiger partial charge in [-0.15, -0.1) is 0 Å². The standard InChI is InChI=1S/C21H29ClN2O3/c1-2-24(14-19(25)26)18-11-17(12-18)23-20(27)21(8-3-4-9-21)13-15-6-5-7-16(22)10-15/h5-7,10,17-18H,2-4,8-9,11-14H2,1H3,(H,23,27)(H,25,26). The number of likely N-dealkylation sites (N-methyl/N-ethyl adjacent to an activating group) is 1. The Labute approximate surface area is 166 Å². The third kappa shape index (κ3) is 4.82. The SMILES string of the molecule is CCN(CC(=O)O)C1CC(NC(=O)C2(Cc3cccc(Cl)c3)CCCC2)C1. The summed E-state index contributed by atoms with van der Waals surface area (Å²) in [7, 11) is 0. The fraction of sp³-hybridized carbons (Fsp3) is 0.619. The maximum Gasteiger partial charge on any atom is 0.317 e. The molecule has 5 nitrogen and oxygen atoms in total. The summed E-state index contributed by atoms with van der Waals surface area (Å²) >= 11 is 6.12. The minimum absolute atomic E-state index is 0.0700. The van der Waals surface area contributed by atoms with Crippen molar-refractivity contribution >= 4 is 23.5 Å². The first kappa shape index (κ1) is 20.2. The molecule has 2 fully saturated rings. The van der Waals surface area contributed by atoms with Crippen LogP contribution in [0.2, 0.25) is 5.02 Å². The van der Waals surface area contributed by atoms with Crippen molar-refractivity contribution in [1.82, 2.24) is 10.2 Å². The van der Waals surface area contributed by atoms with Gasteiger partial charge in [0.2, 0.25) is 5.91 Å². The molecule has 1 amide bonds. The maximum absolute atomic E-state index is 13.1. The van der Waals surface area contributed by atoms with Crippen molar-refractivity contribution in [1.29, 1.82) is 0 Å². The van der Waals surface area contributed by atoms with Gasteiger partial charge in [0.1, 0.15) is 0 Å². The number of hydrogen-bond acceptors (Lipinski definition) is 3. The molecule has 1 aromatic rings. The zero-order chi connectivity index (χ0) is 19.4. The second-order valence-corrected chi connectivity index (χ2v) is 8.48. The molecule has 0 bridgehead atoms. The summed E-state index contributed by atoms with van der Waals surface area (Å²) in [6.07, 6.45) is 6.41. The molecule has 3 rings (SSSR count). The van der Waals surface area contributed by atoms with Gasteiger partial charge in [-0.1, -0.05) is 43.5 Å². The van der Waals surface area contributed by atoms with E-state index in [0.29, 0.717) is 5.02 Å². The summed E-state index contributed by atoms with van der Waals surface area (Å²) in [6, 6.07) is 8.21. The van der Waals surface area contributed by atoms with E-state index in [0.717, 1.165) is 57.1 Å². The van der Waals surface area contributed by atoms with Gasteiger partial charge in [0.05, 0.1) is 12.0 Å². The molecule has 1 aromatic carbocycles. The normalized spacial score (nSPS) is 23.8. The van der Waals surface area contributed by atoms with Gasteiger partial charge < -0.3 is 10.4 Å². The van der Waals surface area contributed by atoms with Crippen LogP contribution < -0.4 is 5.32 Å². The molecule has 0 heterocycles. The van der Waals surface area contributed by atoms with Gasteiger partial charge in [-0.25, -0.2) is 0 Å². The number of rotatable bonds is 8. The number of carbonyl (C=O) groups is 2. The highest BCUT2D eigenvalue weighted by Crippen LogP contribution is 2.42. The lowest BCUT2D eigenvalue weighted by molar-refractivity contribution is -0.140. The summed E-state index contributed by atoms with van der Waals surface area (Å²) in [5.41, 5.74) is 0.783. The number of nitrogens with one attached hydrogen (secondary N) is 1. The Hall–Kier alpha value is -1.59. The summed E-state index contributed by atoms with van der Waals surface area (Å²) in [5.74, 6) is -0.638. The van der Waals surface area contributed by atoms with Gasteiger partial charge >= 0.3 is 5.97 Å². The second-order valence-electron chi connectivity index (χ2n) is 8.05. The van der Waals surface area contributed by atoms with Crippen LogP contribution >= 0.6 is 11.6 Å². The Kier molecular flexibility index (Phi) is 6.43. The average Bonchev–Trinajstić information content (AvgIpc) is 3.05. The molecule has 0 radical (unpaired) electrons. The van der Waals surface area contributed by atoms with Crippen LogP contribution in [0.1, 0.15) is 51.0 Å². The number of hydrogen-bond donors (Lipinski definition) is 2. The Balaban J connectivity index is 1.58. The minimum Gasteiger partial charge on any atom is -0.480 e. The van der Waals surface area contributed by atoms with E-state index >= 15 is 0 Å². The van der Waals surface area contributed by atoms with Crippen molar-refractivity contribution in [2.24, 2.45) is 5.41 Å². The smallest absolute Gasteiger partial charge is 0.317 e. The highest BCUT2D eigenvalue weighted by Gasteiger charge is 2.43. The van der Waals surface area contributed by atoms with Crippen molar-refractivity contribution in [3.63, 3.8) is 0 Å². The number of carbonyl (C=O) groups excluding carboxylic acids is 1. The highest BCUT2D eigenvalue weighted by atomic mass is 35.5. The Morgan fingerprint density at radius 1 is 1.30 bits per heavy atom. The number of carboxylic acids is 1. The molecule has 0 atom stereocenters. The van der Waals surface area contributed by atoms with Crippen LogP contribution in [-0.4, -0.2) is 47.1 Å². The number of nitrogens with zero attached hydrogens (tertiary/aromatic N) is 1. The van der Waals surface area contributed by atoms with Crippen molar-refractivity contribution in [3.8, 4) is 0 Å². The molecule has 2 N–H and O–H groups in total. The van der Waals surface area contributed by atoms with Crippen LogP contribution in [0, 0.1) is 5.41 Å². The molecule has 148 valence electrons. The number of benzene rings is 1. The third-order valence-corrected chi connectivity index (χ3v) is 6.42. The molecule has 2 aliphatic rings. The van der Waals surface area contributed by atoms with Gasteiger partial charge in [-0.05, 0) is 56.3 Å². The van der Waals surface area contributed by atoms with Crippen LogP contribution in [-0.2, 0) is 16.0 Å². The lowest BCUT2D eigenvalue weighted by Crippen LogP contribution is -2.57. The van der Waals surface area contributed by atoms with Gasteiger partial charge in [0.25, 0.3) is 0 Å². The first-order chi connectivity index (χ1) is 12.9. The van der Waals surface area contributed by atoms with E-state index in [1.54, 1.807) is 0 Å². The number of amides is 1. The molecule has 27 heavy (non-hydrogen) atoms. The van der Waals surface area contributed by atoms with Gasteiger partial charge in [0, 0.05) is 17.1 Å². The zero-order valence-corrected chi connectivity index (χ0v) is 16.7. The van der Waals surface area contributed by atoms with Crippen molar-refractivity contribution in [3.05, 3.63) is 34.9 Å². The van der Waals surface area contributed by atoms with E-state index in [-0.39, 0.29) is 30.0 Å². The molecule has 0 unspecified atom stereocenters. The van der Waals surface area contributed by atoms with Gasteiger partial charge in [-0.3, -0.25) is 14.5 Å². The fourth-order valence-electron chi connectivity index (χ4n) is 4.59. The van der Waals surface area contributed by atoms with E-state index in [9.17, 15) is 9.59 Å². The van der Waals surface area contributed by atoms with E-state index in [2.05, 4.69) is 5.32 Å². The largest absolute Gasteiger partial charge is 0.480 e. The summed E-state index contributed by atoms with van der Waals surface area (Å²) in [5, 5.41) is 13.0. The lowest BCUT2D eigenvalue weighted by atomic mass is 9.77. The van der Waals surface area contributed by atoms with Crippen LogP contribution in [0.25, 0.3) is 0 Å². The topological polar surface area (TPSA) is 69.6 Å². The van der Waals surface area contributed by atoms with E-state index in [4.69, 9.17) is 16.7 Å². The number of carboxylic acid groups (broad SMARTS) is 1. The van der Waals surface area contributed by atoms with Crippen LogP contribution in [0.5, 0.6) is 0 Å². The molecular weight excluding hydrogens is 364 g/mol. The van der Waals surface area contributed by atoms with Crippen LogP contribution in [0.4, 0.5) is 0 Å². The average molecular weight is 393 g/mol. The minimum atomic E-state index is -0.796. The second kappa shape index (κ2) is 8.61. The summed E-state index contributed by atoms with van der Waals surface area (Å²) < 4.78 is 0. The summed E-state index contributed by atoms with van der Waals surface area (Å²) in [6.45, 7) is 2.77. The predicted octanol–water partition coefficient (Wildman–Crippen LogP) is 3.50. The van der Waals surface area contributed by atoms with E-state index in [1.807, 2.05) is 36.1 Å². The summed E-state index contributed by atoms with van der Waals surface area (Å²) in [4.78, 5) is 26.1. The molecule has 0 saturated heterocycles. The number of aliphatic carboxylic acids is 1. The van der Waals surface area contributed by atoms with E-state index < -0.39 is 5.97 Å². The Bertz CT molecular complexity index is 682. The maximum atomic E-state index is 13.1. The number of halogens is 1. The molecule has 2 saturated carbocycles. The van der Waals surface area contributed by atoms with Gasteiger partial charge in [-0.2, -0.15) is 0 Å². The van der Waals surface area contributed by atoms with Crippen molar-refractivity contribution in [2.75, 3.05) is 13.1 Å². The monoisotopic (exact) mass is 392 g/mol. The lowest BCUT2D eigenvalue weighted by Gasteiger charge is -2.43. The third-order valence-electron chi connectivity index (χ3n) is 6.18. The van der Waals surface area contributed by atoms with Crippen LogP contribution in [0.15, 0.2) is 24.3 Å². The highest BCUT2D eigenvalue weighted by molar-refractivity contribution is 6.30. The molecular formula is C21H29ClN2O3. The first-order valence-electron chi connectivity index (χ1n) is 9.93. The molecule has 0 spiro atoms. The van der Waals surface area contributed by atoms with Crippen molar-refractivity contribution < 1.29 is 14.7 Å². The van der Waals surface area contributed by atoms with Crippen LogP contribution in [0.3, 0.4) is 0 Å². The Morgan fingerprint density at radius 2 is 2.00 bits per heavy atom. The van der Waals surface area contributed by atoms with E-state index in [1.165, 1.54) is 0 Å². The Morgan fingerprint density at radius 3 is 2.59 bits per heavy atom. The quantitative estimate of drug-likeness (QED) is 0.710.